The van der Waals surface area contributed by atoms with Crippen molar-refractivity contribution in [2.45, 2.75) is 6.92 Å². The Morgan fingerprint density at radius 2 is 2.31 bits per heavy atom. The van der Waals surface area contributed by atoms with Crippen molar-refractivity contribution in [1.29, 1.82) is 5.26 Å². The summed E-state index contributed by atoms with van der Waals surface area (Å²) in [6, 6.07) is 7.36. The highest BCUT2D eigenvalue weighted by Crippen LogP contribution is 2.22. The van der Waals surface area contributed by atoms with Crippen LogP contribution in [0, 0.1) is 17.2 Å². The first kappa shape index (κ1) is 9.83. The maximum Gasteiger partial charge on any atom is 0.101 e. The second-order valence-electron chi connectivity index (χ2n) is 2.69. The number of hydrogen-bond donors (Lipinski definition) is 0. The first-order valence-electron chi connectivity index (χ1n) is 3.85. The Morgan fingerprint density at radius 1 is 1.62 bits per heavy atom. The average molecular weight is 191 g/mol. The highest BCUT2D eigenvalue weighted by Gasteiger charge is 2.04. The van der Waals surface area contributed by atoms with E-state index in [1.807, 2.05) is 19.1 Å². The van der Waals surface area contributed by atoms with Gasteiger partial charge in [-0.05, 0) is 17.7 Å². The number of nitrogens with zero attached hydrogens (tertiary/aromatic N) is 1. The van der Waals surface area contributed by atoms with E-state index in [4.69, 9.17) is 16.9 Å². The van der Waals surface area contributed by atoms with Crippen LogP contribution in [0.5, 0.6) is 0 Å². The van der Waals surface area contributed by atoms with Gasteiger partial charge in [0.25, 0.3) is 0 Å². The van der Waals surface area contributed by atoms with Gasteiger partial charge in [0.15, 0.2) is 0 Å². The molecule has 1 rings (SSSR count). The van der Waals surface area contributed by atoms with Crippen LogP contribution in [0.1, 0.15) is 18.1 Å². The maximum atomic E-state index is 8.64. The van der Waals surface area contributed by atoms with Gasteiger partial charge in [0.2, 0.25) is 0 Å². The molecular weight excluding hydrogens is 182 g/mol. The highest BCUT2D eigenvalue weighted by atomic mass is 35.5. The largest absolute Gasteiger partial charge is 0.192 e. The Kier molecular flexibility index (Phi) is 3.11. The van der Waals surface area contributed by atoms with Crippen molar-refractivity contribution in [3.05, 3.63) is 52.9 Å². The fourth-order valence-electron chi connectivity index (χ4n) is 0.969. The summed E-state index contributed by atoms with van der Waals surface area (Å²) in [6.45, 7) is 5.61. The van der Waals surface area contributed by atoms with E-state index in [0.717, 1.165) is 11.5 Å². The molecule has 0 N–H and O–H groups in total. The molecule has 1 nitrogen and oxygen atoms in total. The van der Waals surface area contributed by atoms with Crippen molar-refractivity contribution in [2.24, 2.45) is 0 Å². The highest BCUT2D eigenvalue weighted by molar-refractivity contribution is 6.31. The van der Waals surface area contributed by atoms with Crippen LogP contribution >= 0.6 is 11.6 Å². The van der Waals surface area contributed by atoms with Gasteiger partial charge in [-0.15, -0.1) is 6.58 Å². The molecule has 13 heavy (non-hydrogen) atoms. The minimum absolute atomic E-state index is 0.487. The lowest BCUT2D eigenvalue weighted by molar-refractivity contribution is 1.25. The van der Waals surface area contributed by atoms with Crippen molar-refractivity contribution in [3.63, 3.8) is 0 Å². The van der Waals surface area contributed by atoms with Crippen LogP contribution in [-0.2, 0) is 0 Å². The molecule has 0 aliphatic carbocycles. The molecule has 1 radical (unpaired) electrons. The molecule has 1 aromatic rings. The van der Waals surface area contributed by atoms with E-state index < -0.39 is 0 Å². The molecule has 0 atom stereocenters. The van der Waals surface area contributed by atoms with Gasteiger partial charge >= 0.3 is 0 Å². The van der Waals surface area contributed by atoms with Crippen molar-refractivity contribution >= 4 is 11.6 Å². The number of nitriles is 1. The second-order valence-corrected chi connectivity index (χ2v) is 3.10. The normalized spacial score (nSPS) is 9.69. The maximum absolute atomic E-state index is 8.64. The van der Waals surface area contributed by atoms with Crippen LogP contribution in [0.25, 0.3) is 0 Å². The molecule has 1 aromatic carbocycles. The number of rotatable bonds is 2. The molecular formula is C11H9ClN. The van der Waals surface area contributed by atoms with Gasteiger partial charge in [-0.25, -0.2) is 0 Å². The summed E-state index contributed by atoms with van der Waals surface area (Å²) in [5.74, 6) is 1.05. The number of halogens is 1. The molecule has 0 amide bonds. The van der Waals surface area contributed by atoms with Gasteiger partial charge in [0.05, 0.1) is 10.6 Å². The van der Waals surface area contributed by atoms with Gasteiger partial charge in [-0.2, -0.15) is 5.26 Å². The van der Waals surface area contributed by atoms with E-state index in [1.54, 1.807) is 18.2 Å². The van der Waals surface area contributed by atoms with Crippen molar-refractivity contribution in [1.82, 2.24) is 0 Å². The molecule has 0 aliphatic rings. The molecule has 65 valence electrons. The molecule has 0 heterocycles. The van der Waals surface area contributed by atoms with Crippen LogP contribution < -0.4 is 0 Å². The van der Waals surface area contributed by atoms with E-state index in [9.17, 15) is 0 Å². The fraction of sp³-hybridized carbons (Fsp3) is 0.0909. The first-order chi connectivity index (χ1) is 6.19. The Morgan fingerprint density at radius 3 is 2.77 bits per heavy atom. The molecule has 0 fully saturated rings. The van der Waals surface area contributed by atoms with Crippen LogP contribution in [0.15, 0.2) is 30.9 Å². The van der Waals surface area contributed by atoms with Gasteiger partial charge in [-0.1, -0.05) is 30.7 Å². The van der Waals surface area contributed by atoms with Crippen LogP contribution in [-0.4, -0.2) is 0 Å². The topological polar surface area (TPSA) is 23.8 Å². The quantitative estimate of drug-likeness (QED) is 0.702. The van der Waals surface area contributed by atoms with E-state index >= 15 is 0 Å². The van der Waals surface area contributed by atoms with E-state index in [1.165, 1.54) is 0 Å². The molecule has 0 aliphatic heterocycles. The van der Waals surface area contributed by atoms with Crippen LogP contribution in [0.2, 0.25) is 5.02 Å². The predicted octanol–water partition coefficient (Wildman–Crippen LogP) is 3.34. The molecule has 2 heteroatoms. The third kappa shape index (κ3) is 2.11. The third-order valence-corrected chi connectivity index (χ3v) is 2.16. The van der Waals surface area contributed by atoms with E-state index in [2.05, 4.69) is 6.58 Å². The first-order valence-corrected chi connectivity index (χ1v) is 4.23. The lowest BCUT2D eigenvalue weighted by Crippen LogP contribution is -1.90. The minimum Gasteiger partial charge on any atom is -0.192 e. The molecule has 0 aromatic heterocycles. The molecule has 0 saturated carbocycles. The zero-order chi connectivity index (χ0) is 9.84. The number of allylic oxidation sites excluding steroid dienone is 1. The van der Waals surface area contributed by atoms with Gasteiger partial charge in [-0.3, -0.25) is 0 Å². The summed E-state index contributed by atoms with van der Waals surface area (Å²) >= 11 is 5.86. The summed E-state index contributed by atoms with van der Waals surface area (Å²) in [6.07, 6.45) is 1.76. The van der Waals surface area contributed by atoms with Gasteiger partial charge in [0.1, 0.15) is 6.07 Å². The van der Waals surface area contributed by atoms with Crippen LogP contribution in [0.3, 0.4) is 0 Å². The fourth-order valence-corrected chi connectivity index (χ4v) is 1.19. The standard InChI is InChI=1S/C11H9ClN/c1-3-8(2)9-4-5-10(7-13)11(12)6-9/h3-6H,1H2,2H3. The zero-order valence-corrected chi connectivity index (χ0v) is 8.10. The SMILES string of the molecule is C=C[C](C)c1ccc(C#N)c(Cl)c1. The number of hydrogen-bond acceptors (Lipinski definition) is 1. The lowest BCUT2D eigenvalue weighted by atomic mass is 10.0. The Labute approximate surface area is 83.3 Å². The smallest absolute Gasteiger partial charge is 0.101 e. The van der Waals surface area contributed by atoms with Gasteiger partial charge < -0.3 is 0 Å². The average Bonchev–Trinajstić information content (AvgIpc) is 2.16. The van der Waals surface area contributed by atoms with E-state index in [-0.39, 0.29) is 0 Å². The molecule has 0 unspecified atom stereocenters. The molecule has 0 bridgehead atoms. The number of benzene rings is 1. The summed E-state index contributed by atoms with van der Waals surface area (Å²) in [5.41, 5.74) is 1.50. The summed E-state index contributed by atoms with van der Waals surface area (Å²) < 4.78 is 0. The lowest BCUT2D eigenvalue weighted by Gasteiger charge is -2.05. The summed E-state index contributed by atoms with van der Waals surface area (Å²) in [5, 5.41) is 9.13. The Hall–Kier alpha value is -1.26. The molecule has 0 saturated heterocycles. The predicted molar refractivity (Wildman–Crippen MR) is 54.4 cm³/mol. The Bertz CT molecular complexity index is 363. The summed E-state index contributed by atoms with van der Waals surface area (Å²) in [7, 11) is 0. The monoisotopic (exact) mass is 190 g/mol. The second kappa shape index (κ2) is 4.11. The summed E-state index contributed by atoms with van der Waals surface area (Å²) in [4.78, 5) is 0. The minimum atomic E-state index is 0.487. The van der Waals surface area contributed by atoms with Gasteiger partial charge in [0, 0.05) is 5.92 Å². The Balaban J connectivity index is 3.11. The van der Waals surface area contributed by atoms with Crippen molar-refractivity contribution < 1.29 is 0 Å². The van der Waals surface area contributed by atoms with Crippen LogP contribution in [0.4, 0.5) is 0 Å². The van der Waals surface area contributed by atoms with Crippen molar-refractivity contribution in [2.75, 3.05) is 0 Å². The van der Waals surface area contributed by atoms with E-state index in [0.29, 0.717) is 10.6 Å². The molecule has 0 spiro atoms. The van der Waals surface area contributed by atoms with Crippen molar-refractivity contribution in [3.8, 4) is 6.07 Å². The zero-order valence-electron chi connectivity index (χ0n) is 7.34. The third-order valence-electron chi connectivity index (χ3n) is 1.85.